The van der Waals surface area contributed by atoms with E-state index in [0.29, 0.717) is 12.3 Å². The molecule has 6 heteroatoms. The lowest BCUT2D eigenvalue weighted by molar-refractivity contribution is 0.0942. The van der Waals surface area contributed by atoms with Crippen LogP contribution in [-0.4, -0.2) is 20.8 Å². The van der Waals surface area contributed by atoms with Crippen LogP contribution in [0.2, 0.25) is 0 Å². The van der Waals surface area contributed by atoms with Crippen LogP contribution < -0.4 is 5.32 Å². The Balaban J connectivity index is 1.49. The number of rotatable bonds is 5. The van der Waals surface area contributed by atoms with Gasteiger partial charge in [-0.2, -0.15) is 5.10 Å². The lowest BCUT2D eigenvalue weighted by Gasteiger charge is -2.06. The quantitative estimate of drug-likeness (QED) is 0.573. The summed E-state index contributed by atoms with van der Waals surface area (Å²) in [5.41, 5.74) is 4.99. The van der Waals surface area contributed by atoms with Crippen molar-refractivity contribution in [1.29, 1.82) is 0 Å². The predicted molar refractivity (Wildman–Crippen MR) is 106 cm³/mol. The van der Waals surface area contributed by atoms with Gasteiger partial charge in [-0.3, -0.25) is 4.79 Å². The van der Waals surface area contributed by atoms with Gasteiger partial charge >= 0.3 is 0 Å². The molecule has 140 valence electrons. The molecule has 2 aromatic carbocycles. The molecule has 2 aromatic heterocycles. The molecule has 0 aliphatic heterocycles. The molecule has 0 radical (unpaired) electrons. The van der Waals surface area contributed by atoms with Crippen LogP contribution in [0.4, 0.5) is 0 Å². The van der Waals surface area contributed by atoms with Gasteiger partial charge in [0.05, 0.1) is 11.4 Å². The molecule has 28 heavy (non-hydrogen) atoms. The summed E-state index contributed by atoms with van der Waals surface area (Å²) in [6.07, 6.45) is 0. The fourth-order valence-corrected chi connectivity index (χ4v) is 3.13. The first-order valence-corrected chi connectivity index (χ1v) is 9.04. The summed E-state index contributed by atoms with van der Waals surface area (Å²) < 4.78 is 7.20. The van der Waals surface area contributed by atoms with E-state index in [4.69, 9.17) is 4.52 Å². The largest absolute Gasteiger partial charge is 0.355 e. The minimum atomic E-state index is -0.280. The molecule has 0 fully saturated rings. The van der Waals surface area contributed by atoms with Crippen molar-refractivity contribution in [2.75, 3.05) is 0 Å². The Hall–Kier alpha value is -3.67. The van der Waals surface area contributed by atoms with Crippen LogP contribution >= 0.6 is 0 Å². The van der Waals surface area contributed by atoms with Gasteiger partial charge in [0.15, 0.2) is 11.5 Å². The molecule has 0 saturated carbocycles. The van der Waals surface area contributed by atoms with E-state index in [1.54, 1.807) is 6.07 Å². The number of hydrogen-bond donors (Lipinski definition) is 1. The summed E-state index contributed by atoms with van der Waals surface area (Å²) in [7, 11) is 0. The van der Waals surface area contributed by atoms with Crippen LogP contribution in [0.3, 0.4) is 0 Å². The summed E-state index contributed by atoms with van der Waals surface area (Å²) >= 11 is 0. The molecule has 0 aliphatic carbocycles. The van der Waals surface area contributed by atoms with Gasteiger partial charge in [-0.1, -0.05) is 53.7 Å². The lowest BCUT2D eigenvalue weighted by atomic mass is 10.1. The van der Waals surface area contributed by atoms with Gasteiger partial charge < -0.3 is 9.84 Å². The second kappa shape index (κ2) is 7.52. The number of aryl methyl sites for hydroxylation is 1. The van der Waals surface area contributed by atoms with E-state index >= 15 is 0 Å². The molecule has 6 nitrogen and oxygen atoms in total. The van der Waals surface area contributed by atoms with Crippen LogP contribution in [-0.2, 0) is 6.54 Å². The highest BCUT2D eigenvalue weighted by atomic mass is 16.5. The van der Waals surface area contributed by atoms with Crippen LogP contribution in [0.5, 0.6) is 0 Å². The number of aromatic nitrogens is 3. The molecule has 0 spiro atoms. The molecule has 0 atom stereocenters. The summed E-state index contributed by atoms with van der Waals surface area (Å²) in [5.74, 6) is 0.284. The third kappa shape index (κ3) is 3.44. The van der Waals surface area contributed by atoms with Crippen molar-refractivity contribution in [2.24, 2.45) is 0 Å². The Morgan fingerprint density at radius 2 is 1.71 bits per heavy atom. The average Bonchev–Trinajstić information content (AvgIpc) is 3.33. The third-order valence-electron chi connectivity index (χ3n) is 4.67. The molecule has 0 aliphatic rings. The number of para-hydroxylation sites is 1. The number of carbonyl (C=O) groups is 1. The summed E-state index contributed by atoms with van der Waals surface area (Å²) in [5, 5.41) is 11.4. The lowest BCUT2D eigenvalue weighted by Crippen LogP contribution is -2.23. The maximum atomic E-state index is 12.5. The van der Waals surface area contributed by atoms with E-state index in [1.165, 1.54) is 0 Å². The second-order valence-electron chi connectivity index (χ2n) is 6.52. The number of nitrogens with zero attached hydrogens (tertiary/aromatic N) is 3. The normalized spacial score (nSPS) is 10.8. The Morgan fingerprint density at radius 1 is 1.04 bits per heavy atom. The molecular weight excluding hydrogens is 352 g/mol. The van der Waals surface area contributed by atoms with Gasteiger partial charge in [-0.15, -0.1) is 0 Å². The highest BCUT2D eigenvalue weighted by Crippen LogP contribution is 2.20. The number of amides is 1. The molecule has 1 amide bonds. The van der Waals surface area contributed by atoms with Crippen LogP contribution in [0.1, 0.15) is 27.4 Å². The zero-order valence-electron chi connectivity index (χ0n) is 15.7. The second-order valence-corrected chi connectivity index (χ2v) is 6.52. The van der Waals surface area contributed by atoms with Gasteiger partial charge in [0, 0.05) is 29.4 Å². The number of carbonyl (C=O) groups excluding carboxylic acids is 1. The van der Waals surface area contributed by atoms with Crippen molar-refractivity contribution in [2.45, 2.75) is 20.4 Å². The van der Waals surface area contributed by atoms with Crippen molar-refractivity contribution in [1.82, 2.24) is 20.3 Å². The maximum Gasteiger partial charge on any atom is 0.273 e. The van der Waals surface area contributed by atoms with E-state index in [1.807, 2.05) is 79.2 Å². The van der Waals surface area contributed by atoms with Crippen molar-refractivity contribution in [3.63, 3.8) is 0 Å². The molecule has 1 N–H and O–H groups in total. The summed E-state index contributed by atoms with van der Waals surface area (Å²) in [6.45, 7) is 4.31. The topological polar surface area (TPSA) is 73.0 Å². The molecular formula is C22H20N4O2. The van der Waals surface area contributed by atoms with Gasteiger partial charge in [0.2, 0.25) is 0 Å². The van der Waals surface area contributed by atoms with E-state index in [2.05, 4.69) is 15.6 Å². The number of hydrogen-bond acceptors (Lipinski definition) is 4. The number of nitrogens with one attached hydrogen (secondary N) is 1. The Kier molecular flexibility index (Phi) is 4.76. The standard InChI is InChI=1S/C22H20N4O2/c1-15-19(16(2)26(24-15)18-11-7-4-8-12-18)14-23-22(27)20-13-21(28-25-20)17-9-5-3-6-10-17/h3-13H,14H2,1-2H3,(H,23,27). The molecule has 2 heterocycles. The first kappa shape index (κ1) is 17.7. The van der Waals surface area contributed by atoms with Crippen molar-refractivity contribution in [3.8, 4) is 17.0 Å². The summed E-state index contributed by atoms with van der Waals surface area (Å²) in [6, 6.07) is 21.1. The fraction of sp³-hybridized carbons (Fsp3) is 0.136. The van der Waals surface area contributed by atoms with Crippen molar-refractivity contribution < 1.29 is 9.32 Å². The smallest absolute Gasteiger partial charge is 0.273 e. The first-order valence-electron chi connectivity index (χ1n) is 9.04. The predicted octanol–water partition coefficient (Wildman–Crippen LogP) is 4.07. The van der Waals surface area contributed by atoms with E-state index in [0.717, 1.165) is 28.2 Å². The van der Waals surface area contributed by atoms with E-state index in [9.17, 15) is 4.79 Å². The maximum absolute atomic E-state index is 12.5. The highest BCUT2D eigenvalue weighted by Gasteiger charge is 2.17. The zero-order chi connectivity index (χ0) is 19.5. The van der Waals surface area contributed by atoms with Gasteiger partial charge in [-0.05, 0) is 26.0 Å². The Morgan fingerprint density at radius 3 is 2.43 bits per heavy atom. The van der Waals surface area contributed by atoms with E-state index in [-0.39, 0.29) is 11.6 Å². The van der Waals surface area contributed by atoms with Gasteiger partial charge in [0.25, 0.3) is 5.91 Å². The first-order chi connectivity index (χ1) is 13.6. The molecule has 4 aromatic rings. The SMILES string of the molecule is Cc1nn(-c2ccccc2)c(C)c1CNC(=O)c1cc(-c2ccccc2)on1. The molecule has 0 bridgehead atoms. The number of benzene rings is 2. The van der Waals surface area contributed by atoms with E-state index < -0.39 is 0 Å². The third-order valence-corrected chi connectivity index (χ3v) is 4.67. The van der Waals surface area contributed by atoms with Crippen molar-refractivity contribution >= 4 is 5.91 Å². The Bertz CT molecular complexity index is 1100. The highest BCUT2D eigenvalue weighted by molar-refractivity contribution is 5.93. The monoisotopic (exact) mass is 372 g/mol. The molecule has 4 rings (SSSR count). The Labute approximate surface area is 162 Å². The van der Waals surface area contributed by atoms with Crippen LogP contribution in [0, 0.1) is 13.8 Å². The zero-order valence-corrected chi connectivity index (χ0v) is 15.7. The molecule has 0 saturated heterocycles. The van der Waals surface area contributed by atoms with Gasteiger partial charge in [-0.25, -0.2) is 4.68 Å². The minimum Gasteiger partial charge on any atom is -0.355 e. The fourth-order valence-electron chi connectivity index (χ4n) is 3.13. The van der Waals surface area contributed by atoms with Crippen LogP contribution in [0.25, 0.3) is 17.0 Å². The average molecular weight is 372 g/mol. The van der Waals surface area contributed by atoms with Crippen molar-refractivity contribution in [3.05, 3.63) is 89.4 Å². The summed E-state index contributed by atoms with van der Waals surface area (Å²) in [4.78, 5) is 12.5. The minimum absolute atomic E-state index is 0.254. The van der Waals surface area contributed by atoms with Gasteiger partial charge in [0.1, 0.15) is 0 Å². The van der Waals surface area contributed by atoms with Crippen LogP contribution in [0.15, 0.2) is 71.3 Å². The molecule has 0 unspecified atom stereocenters.